The first kappa shape index (κ1) is 15.5. The van der Waals surface area contributed by atoms with Gasteiger partial charge in [-0.2, -0.15) is 0 Å². The van der Waals surface area contributed by atoms with Crippen molar-refractivity contribution in [2.75, 3.05) is 18.0 Å². The molecular weight excluding hydrogens is 286 g/mol. The summed E-state index contributed by atoms with van der Waals surface area (Å²) in [5.74, 6) is 0.0935. The zero-order chi connectivity index (χ0) is 16.4. The van der Waals surface area contributed by atoms with Gasteiger partial charge in [0.15, 0.2) is 0 Å². The minimum atomic E-state index is 0.0935. The third kappa shape index (κ3) is 3.21. The maximum atomic E-state index is 12.8. The number of pyridine rings is 1. The number of piperazine rings is 1. The summed E-state index contributed by atoms with van der Waals surface area (Å²) in [7, 11) is 0. The van der Waals surface area contributed by atoms with Gasteiger partial charge in [-0.1, -0.05) is 17.7 Å². The van der Waals surface area contributed by atoms with Crippen LogP contribution in [0.5, 0.6) is 0 Å². The molecule has 1 amide bonds. The molecule has 4 nitrogen and oxygen atoms in total. The Bertz CT molecular complexity index is 657. The van der Waals surface area contributed by atoms with Gasteiger partial charge < -0.3 is 9.80 Å². The number of aryl methyl sites for hydroxylation is 1. The summed E-state index contributed by atoms with van der Waals surface area (Å²) in [4.78, 5) is 21.1. The average Bonchev–Trinajstić information content (AvgIpc) is 2.55. The van der Waals surface area contributed by atoms with E-state index in [-0.39, 0.29) is 18.0 Å². The highest BCUT2D eigenvalue weighted by atomic mass is 16.2. The van der Waals surface area contributed by atoms with Crippen molar-refractivity contribution in [3.63, 3.8) is 0 Å². The summed E-state index contributed by atoms with van der Waals surface area (Å²) in [6.07, 6.45) is 3.34. The fraction of sp³-hybridized carbons (Fsp3) is 0.368. The zero-order valence-electron chi connectivity index (χ0n) is 13.9. The molecule has 0 saturated carbocycles. The highest BCUT2D eigenvalue weighted by Gasteiger charge is 2.33. The second kappa shape index (κ2) is 6.41. The second-order valence-electron chi connectivity index (χ2n) is 6.39. The molecule has 0 unspecified atom stereocenters. The first-order valence-corrected chi connectivity index (χ1v) is 8.10. The molecule has 3 rings (SSSR count). The number of amides is 1. The molecule has 2 aromatic rings. The number of nitrogens with zero attached hydrogens (tertiary/aromatic N) is 3. The van der Waals surface area contributed by atoms with Crippen molar-refractivity contribution in [2.45, 2.75) is 32.9 Å². The van der Waals surface area contributed by atoms with Crippen molar-refractivity contribution in [1.29, 1.82) is 0 Å². The largest absolute Gasteiger partial charge is 0.367 e. The molecule has 1 aromatic carbocycles. The molecule has 0 bridgehead atoms. The van der Waals surface area contributed by atoms with Gasteiger partial charge in [0, 0.05) is 48.8 Å². The third-order valence-electron chi connectivity index (χ3n) is 4.48. The first-order valence-electron chi connectivity index (χ1n) is 8.10. The van der Waals surface area contributed by atoms with Gasteiger partial charge in [-0.05, 0) is 45.0 Å². The van der Waals surface area contributed by atoms with Crippen LogP contribution < -0.4 is 4.90 Å². The van der Waals surface area contributed by atoms with Gasteiger partial charge in [0.05, 0.1) is 0 Å². The molecule has 1 fully saturated rings. The lowest BCUT2D eigenvalue weighted by Crippen LogP contribution is -2.58. The normalized spacial score (nSPS) is 21.3. The maximum Gasteiger partial charge on any atom is 0.254 e. The van der Waals surface area contributed by atoms with E-state index >= 15 is 0 Å². The highest BCUT2D eigenvalue weighted by molar-refractivity contribution is 5.94. The predicted octanol–water partition coefficient (Wildman–Crippen LogP) is 3.13. The van der Waals surface area contributed by atoms with E-state index in [1.54, 1.807) is 24.5 Å². The molecular formula is C19H23N3O. The quantitative estimate of drug-likeness (QED) is 0.855. The smallest absolute Gasteiger partial charge is 0.254 e. The predicted molar refractivity (Wildman–Crippen MR) is 92.7 cm³/mol. The molecule has 2 atom stereocenters. The lowest BCUT2D eigenvalue weighted by atomic mass is 10.0. The standard InChI is InChI=1S/C19H23N3O/c1-14-4-6-18(7-5-14)21-12-15(2)22(16(3)13-21)19(23)17-8-10-20-11-9-17/h4-11,15-16H,12-13H2,1-3H3/t15-,16+. The van der Waals surface area contributed by atoms with Crippen molar-refractivity contribution in [3.8, 4) is 0 Å². The summed E-state index contributed by atoms with van der Waals surface area (Å²) >= 11 is 0. The Kier molecular flexibility index (Phi) is 4.33. The van der Waals surface area contributed by atoms with E-state index in [0.717, 1.165) is 13.1 Å². The molecule has 1 aliphatic rings. The second-order valence-corrected chi connectivity index (χ2v) is 6.39. The van der Waals surface area contributed by atoms with Gasteiger partial charge in [0.2, 0.25) is 0 Å². The summed E-state index contributed by atoms with van der Waals surface area (Å²) in [6, 6.07) is 12.5. The van der Waals surface area contributed by atoms with E-state index in [4.69, 9.17) is 0 Å². The van der Waals surface area contributed by atoms with Gasteiger partial charge in [-0.3, -0.25) is 9.78 Å². The van der Waals surface area contributed by atoms with Gasteiger partial charge in [0.1, 0.15) is 0 Å². The molecule has 4 heteroatoms. The fourth-order valence-corrected chi connectivity index (χ4v) is 3.33. The van der Waals surface area contributed by atoms with Crippen LogP contribution in [0.25, 0.3) is 0 Å². The van der Waals surface area contributed by atoms with E-state index in [9.17, 15) is 4.79 Å². The van der Waals surface area contributed by atoms with Crippen molar-refractivity contribution in [3.05, 3.63) is 59.9 Å². The van der Waals surface area contributed by atoms with E-state index in [0.29, 0.717) is 5.56 Å². The van der Waals surface area contributed by atoms with E-state index in [1.165, 1.54) is 11.3 Å². The van der Waals surface area contributed by atoms with Crippen molar-refractivity contribution < 1.29 is 4.79 Å². The summed E-state index contributed by atoms with van der Waals surface area (Å²) in [5, 5.41) is 0. The van der Waals surface area contributed by atoms with Gasteiger partial charge in [-0.25, -0.2) is 0 Å². The number of carbonyl (C=O) groups excluding carboxylic acids is 1. The summed E-state index contributed by atoms with van der Waals surface area (Å²) in [5.41, 5.74) is 3.20. The number of hydrogen-bond donors (Lipinski definition) is 0. The molecule has 2 heterocycles. The number of aromatic nitrogens is 1. The number of carbonyl (C=O) groups is 1. The molecule has 0 aliphatic carbocycles. The molecule has 120 valence electrons. The fourth-order valence-electron chi connectivity index (χ4n) is 3.33. The van der Waals surface area contributed by atoms with Crippen LogP contribution in [0.3, 0.4) is 0 Å². The third-order valence-corrected chi connectivity index (χ3v) is 4.48. The Hall–Kier alpha value is -2.36. The lowest BCUT2D eigenvalue weighted by Gasteiger charge is -2.45. The Morgan fingerprint density at radius 2 is 1.57 bits per heavy atom. The average molecular weight is 309 g/mol. The molecule has 0 N–H and O–H groups in total. The first-order chi connectivity index (χ1) is 11.1. The number of hydrogen-bond acceptors (Lipinski definition) is 3. The maximum absolute atomic E-state index is 12.8. The van der Waals surface area contributed by atoms with Crippen LogP contribution in [0, 0.1) is 6.92 Å². The molecule has 0 radical (unpaired) electrons. The van der Waals surface area contributed by atoms with Crippen LogP contribution in [-0.4, -0.2) is 41.0 Å². The van der Waals surface area contributed by atoms with Crippen LogP contribution in [0.2, 0.25) is 0 Å². The van der Waals surface area contributed by atoms with Gasteiger partial charge >= 0.3 is 0 Å². The van der Waals surface area contributed by atoms with Crippen molar-refractivity contribution in [2.24, 2.45) is 0 Å². The minimum absolute atomic E-state index is 0.0935. The SMILES string of the molecule is Cc1ccc(N2C[C@@H](C)N(C(=O)c3ccncc3)[C@@H](C)C2)cc1. The molecule has 1 aliphatic heterocycles. The van der Waals surface area contributed by atoms with Gasteiger partial charge in [-0.15, -0.1) is 0 Å². The Morgan fingerprint density at radius 1 is 1.00 bits per heavy atom. The zero-order valence-corrected chi connectivity index (χ0v) is 13.9. The molecule has 1 saturated heterocycles. The van der Waals surface area contributed by atoms with Crippen molar-refractivity contribution >= 4 is 11.6 Å². The van der Waals surface area contributed by atoms with Crippen molar-refractivity contribution in [1.82, 2.24) is 9.88 Å². The number of anilines is 1. The van der Waals surface area contributed by atoms with Crippen LogP contribution in [0.1, 0.15) is 29.8 Å². The molecule has 1 aromatic heterocycles. The van der Waals surface area contributed by atoms with E-state index in [1.807, 2.05) is 4.90 Å². The van der Waals surface area contributed by atoms with E-state index < -0.39 is 0 Å². The van der Waals surface area contributed by atoms with Crippen LogP contribution in [0.4, 0.5) is 5.69 Å². The summed E-state index contributed by atoms with van der Waals surface area (Å²) in [6.45, 7) is 8.04. The minimum Gasteiger partial charge on any atom is -0.367 e. The lowest BCUT2D eigenvalue weighted by molar-refractivity contribution is 0.0574. The Balaban J connectivity index is 1.77. The molecule has 23 heavy (non-hydrogen) atoms. The highest BCUT2D eigenvalue weighted by Crippen LogP contribution is 2.24. The summed E-state index contributed by atoms with van der Waals surface area (Å²) < 4.78 is 0. The van der Waals surface area contributed by atoms with Gasteiger partial charge in [0.25, 0.3) is 5.91 Å². The molecule has 0 spiro atoms. The number of benzene rings is 1. The number of rotatable bonds is 2. The topological polar surface area (TPSA) is 36.4 Å². The monoisotopic (exact) mass is 309 g/mol. The van der Waals surface area contributed by atoms with Crippen LogP contribution >= 0.6 is 0 Å². The Morgan fingerprint density at radius 3 is 2.13 bits per heavy atom. The van der Waals surface area contributed by atoms with Crippen LogP contribution in [-0.2, 0) is 0 Å². The van der Waals surface area contributed by atoms with E-state index in [2.05, 4.69) is 54.9 Å². The Labute approximate surface area is 137 Å². The van der Waals surface area contributed by atoms with Crippen LogP contribution in [0.15, 0.2) is 48.8 Å².